The molecule has 1 N–H and O–H groups in total. The zero-order valence-electron chi connectivity index (χ0n) is 10.5. The summed E-state index contributed by atoms with van der Waals surface area (Å²) in [5, 5.41) is 2.97. The van der Waals surface area contributed by atoms with E-state index in [9.17, 15) is 4.79 Å². The smallest absolute Gasteiger partial charge is 0.249 e. The molecule has 1 aromatic rings. The second-order valence-corrected chi connectivity index (χ2v) is 6.05. The van der Waals surface area contributed by atoms with Crippen LogP contribution >= 0.6 is 15.9 Å². The fourth-order valence-corrected chi connectivity index (χ4v) is 2.79. The lowest BCUT2D eigenvalue weighted by atomic mass is 9.94. The molecule has 1 aromatic carbocycles. The molecular weight excluding hydrogens is 280 g/mol. The van der Waals surface area contributed by atoms with Gasteiger partial charge in [-0.25, -0.2) is 0 Å². The Labute approximate surface area is 110 Å². The first kappa shape index (κ1) is 12.4. The van der Waals surface area contributed by atoms with Crippen molar-refractivity contribution in [3.05, 3.63) is 22.7 Å². The Morgan fingerprint density at radius 2 is 2.00 bits per heavy atom. The van der Waals surface area contributed by atoms with Crippen LogP contribution < -0.4 is 10.2 Å². The highest BCUT2D eigenvalue weighted by molar-refractivity contribution is 9.10. The maximum absolute atomic E-state index is 12.1. The predicted octanol–water partition coefficient (Wildman–Crippen LogP) is 3.39. The van der Waals surface area contributed by atoms with Crippen molar-refractivity contribution in [2.24, 2.45) is 0 Å². The van der Waals surface area contributed by atoms with E-state index in [2.05, 4.69) is 40.0 Å². The third kappa shape index (κ3) is 1.95. The van der Waals surface area contributed by atoms with Crippen LogP contribution in [0.15, 0.2) is 22.7 Å². The largest absolute Gasteiger partial charge is 0.353 e. The quantitative estimate of drug-likeness (QED) is 0.861. The fraction of sp³-hybridized carbons (Fsp3) is 0.462. The third-order valence-electron chi connectivity index (χ3n) is 3.14. The Balaban J connectivity index is 2.60. The van der Waals surface area contributed by atoms with Gasteiger partial charge >= 0.3 is 0 Å². The first-order chi connectivity index (χ1) is 7.84. The van der Waals surface area contributed by atoms with Crippen LogP contribution in [0.4, 0.5) is 11.4 Å². The number of nitrogens with zero attached hydrogens (tertiary/aromatic N) is 1. The molecule has 4 heteroatoms. The number of amides is 1. The van der Waals surface area contributed by atoms with Crippen molar-refractivity contribution in [3.63, 3.8) is 0 Å². The lowest BCUT2D eigenvalue weighted by Crippen LogP contribution is -2.58. The number of rotatable bonds is 1. The van der Waals surface area contributed by atoms with E-state index in [4.69, 9.17) is 0 Å². The summed E-state index contributed by atoms with van der Waals surface area (Å²) in [6.45, 7) is 8.11. The SMILES string of the molecule is CC(C)N1c2ccc(Br)cc2NC(=O)C1(C)C. The highest BCUT2D eigenvalue weighted by Crippen LogP contribution is 2.39. The Bertz CT molecular complexity index is 468. The summed E-state index contributed by atoms with van der Waals surface area (Å²) >= 11 is 3.43. The molecule has 1 heterocycles. The van der Waals surface area contributed by atoms with E-state index < -0.39 is 5.54 Å². The van der Waals surface area contributed by atoms with Crippen molar-refractivity contribution in [2.45, 2.75) is 39.3 Å². The molecule has 92 valence electrons. The molecule has 0 saturated heterocycles. The van der Waals surface area contributed by atoms with E-state index in [0.717, 1.165) is 15.8 Å². The van der Waals surface area contributed by atoms with Crippen LogP contribution in [0.5, 0.6) is 0 Å². The minimum absolute atomic E-state index is 0.0387. The Hall–Kier alpha value is -1.03. The number of carbonyl (C=O) groups excluding carboxylic acids is 1. The Kier molecular flexibility index (Phi) is 2.94. The summed E-state index contributed by atoms with van der Waals surface area (Å²) in [5.74, 6) is 0.0387. The van der Waals surface area contributed by atoms with E-state index in [-0.39, 0.29) is 11.9 Å². The summed E-state index contributed by atoms with van der Waals surface area (Å²) in [5.41, 5.74) is 1.43. The average molecular weight is 297 g/mol. The fourth-order valence-electron chi connectivity index (χ4n) is 2.43. The second kappa shape index (κ2) is 4.02. The van der Waals surface area contributed by atoms with Gasteiger partial charge in [-0.2, -0.15) is 0 Å². The minimum atomic E-state index is -0.519. The Morgan fingerprint density at radius 3 is 2.59 bits per heavy atom. The van der Waals surface area contributed by atoms with Crippen LogP contribution in [0, 0.1) is 0 Å². The van der Waals surface area contributed by atoms with Gasteiger partial charge in [0.05, 0.1) is 11.4 Å². The number of benzene rings is 1. The van der Waals surface area contributed by atoms with E-state index >= 15 is 0 Å². The zero-order valence-corrected chi connectivity index (χ0v) is 12.1. The molecule has 1 amide bonds. The molecule has 0 bridgehead atoms. The van der Waals surface area contributed by atoms with Crippen molar-refractivity contribution in [2.75, 3.05) is 10.2 Å². The normalized spacial score (nSPS) is 18.0. The molecule has 0 aromatic heterocycles. The molecule has 0 atom stereocenters. The van der Waals surface area contributed by atoms with Gasteiger partial charge in [0.1, 0.15) is 5.54 Å². The van der Waals surface area contributed by atoms with Gasteiger partial charge in [0.15, 0.2) is 0 Å². The van der Waals surface area contributed by atoms with Crippen molar-refractivity contribution in [1.29, 1.82) is 0 Å². The summed E-state index contributed by atoms with van der Waals surface area (Å²) in [4.78, 5) is 14.3. The molecule has 17 heavy (non-hydrogen) atoms. The van der Waals surface area contributed by atoms with Gasteiger partial charge in [-0.15, -0.1) is 0 Å². The lowest BCUT2D eigenvalue weighted by Gasteiger charge is -2.46. The van der Waals surface area contributed by atoms with E-state index in [0.29, 0.717) is 0 Å². The van der Waals surface area contributed by atoms with Crippen LogP contribution in [-0.2, 0) is 4.79 Å². The molecule has 0 saturated carbocycles. The first-order valence-electron chi connectivity index (χ1n) is 5.74. The van der Waals surface area contributed by atoms with Crippen molar-refractivity contribution >= 4 is 33.2 Å². The molecule has 1 aliphatic heterocycles. The molecule has 0 unspecified atom stereocenters. The van der Waals surface area contributed by atoms with Gasteiger partial charge in [-0.1, -0.05) is 15.9 Å². The van der Waals surface area contributed by atoms with Crippen LogP contribution in [0.3, 0.4) is 0 Å². The first-order valence-corrected chi connectivity index (χ1v) is 6.53. The van der Waals surface area contributed by atoms with Gasteiger partial charge < -0.3 is 10.2 Å². The number of carbonyl (C=O) groups is 1. The van der Waals surface area contributed by atoms with Gasteiger partial charge in [0, 0.05) is 10.5 Å². The topological polar surface area (TPSA) is 32.3 Å². The summed E-state index contributed by atoms with van der Waals surface area (Å²) < 4.78 is 0.972. The van der Waals surface area contributed by atoms with Crippen molar-refractivity contribution < 1.29 is 4.79 Å². The van der Waals surface area contributed by atoms with Gasteiger partial charge in [0.25, 0.3) is 0 Å². The summed E-state index contributed by atoms with van der Waals surface area (Å²) in [6.07, 6.45) is 0. The summed E-state index contributed by atoms with van der Waals surface area (Å²) in [6, 6.07) is 6.26. The molecule has 0 aliphatic carbocycles. The number of nitrogens with one attached hydrogen (secondary N) is 1. The third-order valence-corrected chi connectivity index (χ3v) is 3.63. The monoisotopic (exact) mass is 296 g/mol. The van der Waals surface area contributed by atoms with Crippen LogP contribution in [-0.4, -0.2) is 17.5 Å². The predicted molar refractivity (Wildman–Crippen MR) is 74.5 cm³/mol. The van der Waals surface area contributed by atoms with E-state index in [1.54, 1.807) is 0 Å². The molecule has 1 aliphatic rings. The van der Waals surface area contributed by atoms with Gasteiger partial charge in [0.2, 0.25) is 5.91 Å². The molecule has 3 nitrogen and oxygen atoms in total. The van der Waals surface area contributed by atoms with E-state index in [1.165, 1.54) is 0 Å². The standard InChI is InChI=1S/C13H17BrN2O/c1-8(2)16-11-6-5-9(14)7-10(11)15-12(17)13(16,3)4/h5-8H,1-4H3,(H,15,17). The van der Waals surface area contributed by atoms with Crippen molar-refractivity contribution in [3.8, 4) is 0 Å². The average Bonchev–Trinajstić information content (AvgIpc) is 2.19. The molecule has 0 fully saturated rings. The lowest BCUT2D eigenvalue weighted by molar-refractivity contribution is -0.120. The molecule has 0 radical (unpaired) electrons. The van der Waals surface area contributed by atoms with Crippen molar-refractivity contribution in [1.82, 2.24) is 0 Å². The number of hydrogen-bond donors (Lipinski definition) is 1. The van der Waals surface area contributed by atoms with Crippen LogP contribution in [0.25, 0.3) is 0 Å². The van der Waals surface area contributed by atoms with Crippen LogP contribution in [0.1, 0.15) is 27.7 Å². The Morgan fingerprint density at radius 1 is 1.35 bits per heavy atom. The molecule has 0 spiro atoms. The molecular formula is C13H17BrN2O. The van der Waals surface area contributed by atoms with Gasteiger partial charge in [-0.3, -0.25) is 4.79 Å². The number of fused-ring (bicyclic) bond motifs is 1. The van der Waals surface area contributed by atoms with Gasteiger partial charge in [-0.05, 0) is 45.9 Å². The minimum Gasteiger partial charge on any atom is -0.353 e. The highest BCUT2D eigenvalue weighted by Gasteiger charge is 2.41. The summed E-state index contributed by atoms with van der Waals surface area (Å²) in [7, 11) is 0. The number of halogens is 1. The second-order valence-electron chi connectivity index (χ2n) is 5.14. The zero-order chi connectivity index (χ0) is 12.8. The maximum atomic E-state index is 12.1. The highest BCUT2D eigenvalue weighted by atomic mass is 79.9. The number of hydrogen-bond acceptors (Lipinski definition) is 2. The molecule has 2 rings (SSSR count). The number of anilines is 2. The van der Waals surface area contributed by atoms with E-state index in [1.807, 2.05) is 32.0 Å². The maximum Gasteiger partial charge on any atom is 0.249 e. The van der Waals surface area contributed by atoms with Crippen LogP contribution in [0.2, 0.25) is 0 Å².